The zero-order valence-corrected chi connectivity index (χ0v) is 21.2. The Balaban J connectivity index is 1.33. The molecule has 0 radical (unpaired) electrons. The molecule has 37 heavy (non-hydrogen) atoms. The monoisotopic (exact) mass is 490 g/mol. The Bertz CT molecular complexity index is 1350. The van der Waals surface area contributed by atoms with E-state index < -0.39 is 0 Å². The number of aromatic hydroxyl groups is 1. The molecule has 4 nitrogen and oxygen atoms in total. The van der Waals surface area contributed by atoms with Crippen molar-refractivity contribution in [3.63, 3.8) is 0 Å². The summed E-state index contributed by atoms with van der Waals surface area (Å²) in [5, 5.41) is 14.2. The highest BCUT2D eigenvalue weighted by Gasteiger charge is 2.37. The summed E-state index contributed by atoms with van der Waals surface area (Å²) in [6.07, 6.45) is 5.93. The summed E-state index contributed by atoms with van der Waals surface area (Å²) in [6, 6.07) is 33.7. The van der Waals surface area contributed by atoms with Crippen LogP contribution in [-0.4, -0.2) is 11.8 Å². The molecule has 1 aliphatic heterocycles. The number of hydrogen-bond acceptors (Lipinski definition) is 4. The highest BCUT2D eigenvalue weighted by molar-refractivity contribution is 5.53. The molecular formula is C33H34N2O2. The van der Waals surface area contributed by atoms with E-state index in [1.807, 2.05) is 24.3 Å². The third kappa shape index (κ3) is 4.76. The molecule has 4 heteroatoms. The van der Waals surface area contributed by atoms with Gasteiger partial charge in [0.05, 0.1) is 0 Å². The lowest BCUT2D eigenvalue weighted by molar-refractivity contribution is 0.288. The number of ether oxygens (including phenoxy) is 1. The lowest BCUT2D eigenvalue weighted by atomic mass is 9.65. The van der Waals surface area contributed by atoms with Gasteiger partial charge in [0.2, 0.25) is 0 Å². The van der Waals surface area contributed by atoms with Crippen molar-refractivity contribution in [1.82, 2.24) is 0 Å². The van der Waals surface area contributed by atoms with Crippen LogP contribution >= 0.6 is 0 Å². The molecule has 0 unspecified atom stereocenters. The normalized spacial score (nSPS) is 16.5. The number of nitrogens with zero attached hydrogens (tertiary/aromatic N) is 1. The van der Waals surface area contributed by atoms with Crippen LogP contribution in [0, 0.1) is 0 Å². The molecule has 0 atom stereocenters. The Labute approximate surface area is 219 Å². The molecule has 0 amide bonds. The van der Waals surface area contributed by atoms with Gasteiger partial charge in [-0.2, -0.15) is 0 Å². The van der Waals surface area contributed by atoms with Gasteiger partial charge >= 0.3 is 0 Å². The smallest absolute Gasteiger partial charge is 0.161 e. The zero-order chi connectivity index (χ0) is 25.1. The second-order valence-electron chi connectivity index (χ2n) is 10.3. The van der Waals surface area contributed by atoms with Crippen LogP contribution in [0.2, 0.25) is 0 Å². The van der Waals surface area contributed by atoms with Crippen molar-refractivity contribution in [3.8, 4) is 11.5 Å². The first-order valence-electron chi connectivity index (χ1n) is 13.4. The second-order valence-corrected chi connectivity index (χ2v) is 10.3. The molecule has 0 bridgehead atoms. The Morgan fingerprint density at radius 2 is 1.49 bits per heavy atom. The highest BCUT2D eigenvalue weighted by Crippen LogP contribution is 2.47. The van der Waals surface area contributed by atoms with Gasteiger partial charge in [-0.25, -0.2) is 0 Å². The zero-order valence-electron chi connectivity index (χ0n) is 21.2. The van der Waals surface area contributed by atoms with Gasteiger partial charge < -0.3 is 20.1 Å². The molecule has 4 aromatic rings. The van der Waals surface area contributed by atoms with Gasteiger partial charge in [-0.15, -0.1) is 0 Å². The summed E-state index contributed by atoms with van der Waals surface area (Å²) in [5.74, 6) is 1.33. The van der Waals surface area contributed by atoms with E-state index in [2.05, 4.69) is 83.0 Å². The van der Waals surface area contributed by atoms with Crippen LogP contribution in [0.3, 0.4) is 0 Å². The quantitative estimate of drug-likeness (QED) is 0.292. The summed E-state index contributed by atoms with van der Waals surface area (Å²) in [5.41, 5.74) is 7.00. The predicted octanol–water partition coefficient (Wildman–Crippen LogP) is 7.61. The van der Waals surface area contributed by atoms with E-state index in [4.69, 9.17) is 4.74 Å². The van der Waals surface area contributed by atoms with E-state index in [0.29, 0.717) is 19.0 Å². The molecule has 4 aromatic carbocycles. The van der Waals surface area contributed by atoms with E-state index in [1.165, 1.54) is 41.6 Å². The molecular weight excluding hydrogens is 456 g/mol. The van der Waals surface area contributed by atoms with Crippen LogP contribution in [0.25, 0.3) is 0 Å². The molecule has 1 saturated carbocycles. The largest absolute Gasteiger partial charge is 0.508 e. The Hall–Kier alpha value is -3.92. The van der Waals surface area contributed by atoms with Crippen LogP contribution in [0.4, 0.5) is 11.4 Å². The summed E-state index contributed by atoms with van der Waals surface area (Å²) >= 11 is 0. The number of phenolic OH excluding ortho intramolecular Hbond substituents is 1. The minimum Gasteiger partial charge on any atom is -0.508 e. The third-order valence-corrected chi connectivity index (χ3v) is 8.07. The van der Waals surface area contributed by atoms with Crippen molar-refractivity contribution in [1.29, 1.82) is 0 Å². The van der Waals surface area contributed by atoms with Crippen molar-refractivity contribution in [2.75, 3.05) is 16.9 Å². The summed E-state index contributed by atoms with van der Waals surface area (Å²) < 4.78 is 6.16. The average molecular weight is 491 g/mol. The lowest BCUT2D eigenvalue weighted by Crippen LogP contribution is -2.34. The number of hydrogen-bond donors (Lipinski definition) is 2. The molecule has 2 aliphatic rings. The Kier molecular flexibility index (Phi) is 6.48. The fourth-order valence-corrected chi connectivity index (χ4v) is 6.02. The maximum Gasteiger partial charge on any atom is 0.161 e. The third-order valence-electron chi connectivity index (χ3n) is 8.07. The van der Waals surface area contributed by atoms with E-state index in [9.17, 15) is 5.11 Å². The van der Waals surface area contributed by atoms with Crippen LogP contribution in [0.1, 0.15) is 54.4 Å². The van der Waals surface area contributed by atoms with Gasteiger partial charge in [0, 0.05) is 41.0 Å². The molecule has 6 rings (SSSR count). The number of anilines is 2. The standard InChI is InChI=1S/C33H34N2O2/c36-31-16-14-27(20-25(31)22-34-29-10-4-1-5-11-29)33(18-8-3-9-19-33)28-15-17-32-26(21-28)23-35(24-37-32)30-12-6-2-7-13-30/h1-2,4-7,10-17,20-21,34,36H,3,8-9,18-19,22-24H2. The fourth-order valence-electron chi connectivity index (χ4n) is 6.02. The van der Waals surface area contributed by atoms with E-state index >= 15 is 0 Å². The molecule has 1 aliphatic carbocycles. The first kappa shape index (κ1) is 23.5. The number of benzene rings is 4. The number of nitrogens with one attached hydrogen (secondary N) is 1. The molecule has 2 N–H and O–H groups in total. The van der Waals surface area contributed by atoms with Gasteiger partial charge in [-0.05, 0) is 72.5 Å². The average Bonchev–Trinajstić information content (AvgIpc) is 2.97. The van der Waals surface area contributed by atoms with Crippen LogP contribution in [0.5, 0.6) is 11.5 Å². The maximum atomic E-state index is 10.7. The first-order chi connectivity index (χ1) is 18.2. The van der Waals surface area contributed by atoms with E-state index in [-0.39, 0.29) is 5.41 Å². The minimum absolute atomic E-state index is 0.0580. The predicted molar refractivity (Wildman–Crippen MR) is 150 cm³/mol. The van der Waals surface area contributed by atoms with Gasteiger partial charge in [0.1, 0.15) is 11.5 Å². The summed E-state index contributed by atoms with van der Waals surface area (Å²) in [4.78, 5) is 2.29. The van der Waals surface area contributed by atoms with Gasteiger partial charge in [-0.1, -0.05) is 67.8 Å². The fraction of sp³-hybridized carbons (Fsp3) is 0.273. The van der Waals surface area contributed by atoms with Crippen LogP contribution < -0.4 is 15.0 Å². The second kappa shape index (κ2) is 10.2. The molecule has 0 spiro atoms. The molecule has 0 saturated heterocycles. The maximum absolute atomic E-state index is 10.7. The topological polar surface area (TPSA) is 44.7 Å². The van der Waals surface area contributed by atoms with Gasteiger partial charge in [-0.3, -0.25) is 0 Å². The van der Waals surface area contributed by atoms with E-state index in [1.54, 1.807) is 0 Å². The van der Waals surface area contributed by atoms with Crippen molar-refractivity contribution in [3.05, 3.63) is 119 Å². The number of phenols is 1. The Morgan fingerprint density at radius 3 is 2.27 bits per heavy atom. The summed E-state index contributed by atoms with van der Waals surface area (Å²) in [6.45, 7) is 1.99. The molecule has 0 aromatic heterocycles. The number of fused-ring (bicyclic) bond motifs is 1. The number of para-hydroxylation sites is 2. The molecule has 1 heterocycles. The van der Waals surface area contributed by atoms with Crippen molar-refractivity contribution >= 4 is 11.4 Å². The molecule has 1 fully saturated rings. The van der Waals surface area contributed by atoms with Crippen LogP contribution in [-0.2, 0) is 18.5 Å². The SMILES string of the molecule is Oc1ccc(C2(c3ccc4c(c3)CN(c3ccccc3)CO4)CCCCC2)cc1CNc1ccccc1. The van der Waals surface area contributed by atoms with Gasteiger partial charge in [0.25, 0.3) is 0 Å². The van der Waals surface area contributed by atoms with Crippen molar-refractivity contribution in [2.45, 2.75) is 50.6 Å². The van der Waals surface area contributed by atoms with Crippen LogP contribution in [0.15, 0.2) is 97.1 Å². The minimum atomic E-state index is -0.0580. The summed E-state index contributed by atoms with van der Waals surface area (Å²) in [7, 11) is 0. The lowest BCUT2D eigenvalue weighted by Gasteiger charge is -2.40. The Morgan fingerprint density at radius 1 is 0.784 bits per heavy atom. The highest BCUT2D eigenvalue weighted by atomic mass is 16.5. The van der Waals surface area contributed by atoms with Crippen molar-refractivity contribution < 1.29 is 9.84 Å². The number of rotatable bonds is 6. The molecule has 188 valence electrons. The van der Waals surface area contributed by atoms with E-state index in [0.717, 1.165) is 36.4 Å². The van der Waals surface area contributed by atoms with Gasteiger partial charge in [0.15, 0.2) is 6.73 Å². The van der Waals surface area contributed by atoms with Crippen molar-refractivity contribution in [2.24, 2.45) is 0 Å². The first-order valence-corrected chi connectivity index (χ1v) is 13.4.